The van der Waals surface area contributed by atoms with Crippen LogP contribution in [0.25, 0.3) is 4.96 Å². The third-order valence-electron chi connectivity index (χ3n) is 4.08. The van der Waals surface area contributed by atoms with Crippen LogP contribution in [0.3, 0.4) is 0 Å². The Morgan fingerprint density at radius 3 is 2.81 bits per heavy atom. The van der Waals surface area contributed by atoms with E-state index in [-0.39, 0.29) is 18.5 Å². The number of aliphatic hydroxyl groups is 1. The Balaban J connectivity index is 2.10. The number of fused-ring (bicyclic) bond motifs is 1. The van der Waals surface area contributed by atoms with Crippen molar-refractivity contribution in [2.24, 2.45) is 0 Å². The second-order valence-corrected chi connectivity index (χ2v) is 6.70. The highest BCUT2D eigenvalue weighted by Crippen LogP contribution is 2.41. The highest BCUT2D eigenvalue weighted by Gasteiger charge is 2.28. The van der Waals surface area contributed by atoms with Crippen LogP contribution in [0.1, 0.15) is 23.4 Å². The molecule has 2 N–H and O–H groups in total. The highest BCUT2D eigenvalue weighted by molar-refractivity contribution is 7.17. The van der Waals surface area contributed by atoms with Gasteiger partial charge in [-0.2, -0.15) is 9.61 Å². The van der Waals surface area contributed by atoms with Gasteiger partial charge in [0.05, 0.1) is 31.2 Å². The van der Waals surface area contributed by atoms with Gasteiger partial charge >= 0.3 is 0 Å². The molecule has 2 aromatic heterocycles. The predicted molar refractivity (Wildman–Crippen MR) is 98.3 cm³/mol. The second-order valence-electron chi connectivity index (χ2n) is 5.69. The van der Waals surface area contributed by atoms with E-state index in [0.717, 1.165) is 5.56 Å². The predicted octanol–water partition coefficient (Wildman–Crippen LogP) is 1.92. The molecule has 26 heavy (non-hydrogen) atoms. The van der Waals surface area contributed by atoms with Crippen molar-refractivity contribution in [1.82, 2.24) is 19.5 Å². The van der Waals surface area contributed by atoms with Gasteiger partial charge in [0.15, 0.2) is 11.5 Å². The molecule has 0 amide bonds. The standard InChI is InChI=1S/C17H22N4O4S/c1-4-25-13-9-11(5-6-12(13)24-3)14(20(2)7-8-22)15-16(23)21-17(26-15)18-10-19-21/h5-6,9-10,14,22-23H,4,7-8H2,1-3H3. The Labute approximate surface area is 155 Å². The molecular formula is C17H22N4O4S. The second kappa shape index (κ2) is 7.90. The minimum atomic E-state index is -0.291. The van der Waals surface area contributed by atoms with Crippen molar-refractivity contribution in [1.29, 1.82) is 0 Å². The maximum absolute atomic E-state index is 10.6. The molecule has 0 radical (unpaired) electrons. The van der Waals surface area contributed by atoms with E-state index in [4.69, 9.17) is 9.47 Å². The molecule has 0 spiro atoms. The Morgan fingerprint density at radius 2 is 2.15 bits per heavy atom. The fraction of sp³-hybridized carbons (Fsp3) is 0.412. The number of hydrogen-bond acceptors (Lipinski definition) is 8. The molecular weight excluding hydrogens is 356 g/mol. The summed E-state index contributed by atoms with van der Waals surface area (Å²) in [7, 11) is 3.49. The van der Waals surface area contributed by atoms with Gasteiger partial charge in [-0.25, -0.2) is 4.98 Å². The molecule has 3 rings (SSSR count). The van der Waals surface area contributed by atoms with Gasteiger partial charge in [0, 0.05) is 6.54 Å². The minimum Gasteiger partial charge on any atom is -0.493 e. The van der Waals surface area contributed by atoms with Gasteiger partial charge < -0.3 is 19.7 Å². The molecule has 140 valence electrons. The molecule has 0 aliphatic rings. The number of hydrogen-bond donors (Lipinski definition) is 2. The summed E-state index contributed by atoms with van der Waals surface area (Å²) in [6, 6.07) is 5.38. The molecule has 3 aromatic rings. The van der Waals surface area contributed by atoms with Crippen molar-refractivity contribution >= 4 is 16.3 Å². The average molecular weight is 378 g/mol. The fourth-order valence-corrected chi connectivity index (χ4v) is 4.02. The SMILES string of the molecule is CCOc1cc(C(c2sc3ncnn3c2O)N(C)CCO)ccc1OC. The molecule has 9 heteroatoms. The fourth-order valence-electron chi connectivity index (χ4n) is 2.90. The highest BCUT2D eigenvalue weighted by atomic mass is 32.1. The van der Waals surface area contributed by atoms with E-state index in [1.54, 1.807) is 7.11 Å². The van der Waals surface area contributed by atoms with E-state index in [2.05, 4.69) is 10.1 Å². The normalized spacial score (nSPS) is 12.7. The van der Waals surface area contributed by atoms with Crippen LogP contribution in [0.15, 0.2) is 24.5 Å². The number of likely N-dealkylation sites (N-methyl/N-ethyl adjacent to an activating group) is 1. The van der Waals surface area contributed by atoms with Crippen LogP contribution in [0, 0.1) is 0 Å². The summed E-state index contributed by atoms with van der Waals surface area (Å²) >= 11 is 1.36. The molecule has 0 aliphatic heterocycles. The van der Waals surface area contributed by atoms with E-state index in [1.165, 1.54) is 22.2 Å². The summed E-state index contributed by atoms with van der Waals surface area (Å²) < 4.78 is 12.5. The molecule has 0 aliphatic carbocycles. The van der Waals surface area contributed by atoms with E-state index < -0.39 is 0 Å². The third kappa shape index (κ3) is 3.33. The molecule has 0 saturated carbocycles. The molecule has 1 unspecified atom stereocenters. The number of aromatic hydroxyl groups is 1. The Morgan fingerprint density at radius 1 is 1.35 bits per heavy atom. The molecule has 1 atom stereocenters. The summed E-state index contributed by atoms with van der Waals surface area (Å²) in [6.45, 7) is 2.86. The van der Waals surface area contributed by atoms with Crippen LogP contribution in [0.5, 0.6) is 17.4 Å². The Bertz CT molecular complexity index is 879. The zero-order chi connectivity index (χ0) is 18.7. The summed E-state index contributed by atoms with van der Waals surface area (Å²) in [4.78, 5) is 7.42. The van der Waals surface area contributed by atoms with Crippen molar-refractivity contribution in [3.05, 3.63) is 35.0 Å². The van der Waals surface area contributed by atoms with Crippen molar-refractivity contribution in [2.45, 2.75) is 13.0 Å². The van der Waals surface area contributed by atoms with Crippen LogP contribution < -0.4 is 9.47 Å². The first-order chi connectivity index (χ1) is 12.6. The summed E-state index contributed by atoms with van der Waals surface area (Å²) in [5.74, 6) is 1.32. The lowest BCUT2D eigenvalue weighted by Gasteiger charge is -2.27. The monoisotopic (exact) mass is 378 g/mol. The number of aromatic nitrogens is 3. The summed E-state index contributed by atoms with van der Waals surface area (Å²) in [5.41, 5.74) is 0.907. The largest absolute Gasteiger partial charge is 0.493 e. The van der Waals surface area contributed by atoms with Crippen molar-refractivity contribution in [3.63, 3.8) is 0 Å². The number of rotatable bonds is 8. The lowest BCUT2D eigenvalue weighted by atomic mass is 10.0. The molecule has 1 aromatic carbocycles. The zero-order valence-corrected chi connectivity index (χ0v) is 15.7. The Hall–Kier alpha value is -2.36. The van der Waals surface area contributed by atoms with Gasteiger partial charge in [-0.1, -0.05) is 17.4 Å². The van der Waals surface area contributed by atoms with Gasteiger partial charge in [-0.3, -0.25) is 4.90 Å². The van der Waals surface area contributed by atoms with Crippen LogP contribution in [-0.4, -0.2) is 63.6 Å². The van der Waals surface area contributed by atoms with Gasteiger partial charge in [-0.05, 0) is 31.7 Å². The maximum atomic E-state index is 10.6. The summed E-state index contributed by atoms with van der Waals surface area (Å²) in [6.07, 6.45) is 1.41. The van der Waals surface area contributed by atoms with Crippen molar-refractivity contribution in [2.75, 3.05) is 33.9 Å². The molecule has 0 fully saturated rings. The lowest BCUT2D eigenvalue weighted by molar-refractivity contribution is 0.196. The van der Waals surface area contributed by atoms with Gasteiger partial charge in [-0.15, -0.1) is 0 Å². The number of thiazole rings is 1. The number of methoxy groups -OCH3 is 1. The van der Waals surface area contributed by atoms with E-state index in [0.29, 0.717) is 34.5 Å². The molecule has 0 bridgehead atoms. The van der Waals surface area contributed by atoms with Gasteiger partial charge in [0.25, 0.3) is 0 Å². The van der Waals surface area contributed by atoms with Crippen molar-refractivity contribution < 1.29 is 19.7 Å². The molecule has 8 nitrogen and oxygen atoms in total. The number of ether oxygens (including phenoxy) is 2. The lowest BCUT2D eigenvalue weighted by Crippen LogP contribution is -2.28. The van der Waals surface area contributed by atoms with Crippen molar-refractivity contribution in [3.8, 4) is 17.4 Å². The molecule has 0 saturated heterocycles. The maximum Gasteiger partial charge on any atom is 0.230 e. The number of benzene rings is 1. The van der Waals surface area contributed by atoms with E-state index >= 15 is 0 Å². The third-order valence-corrected chi connectivity index (χ3v) is 5.17. The van der Waals surface area contributed by atoms with E-state index in [1.807, 2.05) is 37.1 Å². The topological polar surface area (TPSA) is 92.4 Å². The minimum absolute atomic E-state index is 0.00297. The molecule has 2 heterocycles. The first-order valence-corrected chi connectivity index (χ1v) is 9.05. The van der Waals surface area contributed by atoms with Gasteiger partial charge in [0.2, 0.25) is 10.8 Å². The Kier molecular flexibility index (Phi) is 5.60. The number of nitrogens with zero attached hydrogens (tertiary/aromatic N) is 4. The first-order valence-electron chi connectivity index (χ1n) is 8.23. The summed E-state index contributed by atoms with van der Waals surface area (Å²) in [5, 5.41) is 24.1. The van der Waals surface area contributed by atoms with Gasteiger partial charge in [0.1, 0.15) is 6.33 Å². The zero-order valence-electron chi connectivity index (χ0n) is 14.9. The quantitative estimate of drug-likeness (QED) is 0.619. The van der Waals surface area contributed by atoms with Crippen LogP contribution >= 0.6 is 11.3 Å². The number of aliphatic hydroxyl groups excluding tert-OH is 1. The average Bonchev–Trinajstić information content (AvgIpc) is 3.20. The van der Waals surface area contributed by atoms with Crippen LogP contribution in [0.2, 0.25) is 0 Å². The van der Waals surface area contributed by atoms with Crippen LogP contribution in [-0.2, 0) is 0 Å². The first kappa shape index (κ1) is 18.4. The van der Waals surface area contributed by atoms with E-state index in [9.17, 15) is 10.2 Å². The smallest absolute Gasteiger partial charge is 0.230 e. The van der Waals surface area contributed by atoms with Crippen LogP contribution in [0.4, 0.5) is 0 Å².